The lowest BCUT2D eigenvalue weighted by atomic mass is 10.1. The smallest absolute Gasteiger partial charge is 0.0634 e. The van der Waals surface area contributed by atoms with E-state index in [1.807, 2.05) is 6.07 Å². The number of aromatic nitrogens is 1. The van der Waals surface area contributed by atoms with Crippen molar-refractivity contribution in [3.8, 4) is 0 Å². The summed E-state index contributed by atoms with van der Waals surface area (Å²) >= 11 is 5.97. The van der Waals surface area contributed by atoms with E-state index in [1.165, 1.54) is 0 Å². The van der Waals surface area contributed by atoms with E-state index in [9.17, 15) is 0 Å². The number of halogens is 1. The van der Waals surface area contributed by atoms with Crippen LogP contribution in [-0.4, -0.2) is 29.0 Å². The van der Waals surface area contributed by atoms with Gasteiger partial charge in [-0.05, 0) is 11.6 Å². The van der Waals surface area contributed by atoms with Gasteiger partial charge >= 0.3 is 0 Å². The third kappa shape index (κ3) is 1.99. The fraction of sp³-hybridized carbons (Fsp3) is 0.444. The van der Waals surface area contributed by atoms with E-state index in [4.69, 9.17) is 17.3 Å². The van der Waals surface area contributed by atoms with Crippen molar-refractivity contribution in [3.63, 3.8) is 0 Å². The first-order valence-electron chi connectivity index (χ1n) is 4.32. The molecule has 0 aliphatic carbocycles. The molecule has 0 radical (unpaired) electrons. The fourth-order valence-corrected chi connectivity index (χ4v) is 1.69. The van der Waals surface area contributed by atoms with Gasteiger partial charge in [0.15, 0.2) is 0 Å². The first-order valence-corrected chi connectivity index (χ1v) is 4.70. The van der Waals surface area contributed by atoms with Crippen molar-refractivity contribution in [2.24, 2.45) is 5.73 Å². The van der Waals surface area contributed by atoms with Crippen LogP contribution in [0.15, 0.2) is 18.5 Å². The maximum Gasteiger partial charge on any atom is 0.0634 e. The van der Waals surface area contributed by atoms with E-state index < -0.39 is 0 Å². The third-order valence-corrected chi connectivity index (χ3v) is 2.58. The summed E-state index contributed by atoms with van der Waals surface area (Å²) in [6.45, 7) is 2.83. The second-order valence-electron chi connectivity index (χ2n) is 3.42. The van der Waals surface area contributed by atoms with Crippen LogP contribution in [0.1, 0.15) is 5.56 Å². The maximum atomic E-state index is 5.97. The van der Waals surface area contributed by atoms with Gasteiger partial charge in [0, 0.05) is 38.1 Å². The zero-order valence-corrected chi connectivity index (χ0v) is 8.04. The molecule has 2 N–H and O–H groups in total. The summed E-state index contributed by atoms with van der Waals surface area (Å²) in [4.78, 5) is 6.21. The number of nitrogens with two attached hydrogens (primary N) is 1. The normalized spacial score (nSPS) is 18.6. The summed E-state index contributed by atoms with van der Waals surface area (Å²) in [5.74, 6) is 0. The highest BCUT2D eigenvalue weighted by molar-refractivity contribution is 6.31. The Morgan fingerprint density at radius 3 is 3.00 bits per heavy atom. The molecule has 2 heterocycles. The molecule has 1 saturated heterocycles. The molecule has 4 heteroatoms. The van der Waals surface area contributed by atoms with Gasteiger partial charge in [-0.2, -0.15) is 0 Å². The van der Waals surface area contributed by atoms with E-state index in [0.717, 1.165) is 30.2 Å². The van der Waals surface area contributed by atoms with Crippen LogP contribution in [-0.2, 0) is 6.54 Å². The average molecular weight is 198 g/mol. The summed E-state index contributed by atoms with van der Waals surface area (Å²) < 4.78 is 0. The van der Waals surface area contributed by atoms with Crippen molar-refractivity contribution >= 4 is 11.6 Å². The lowest BCUT2D eigenvalue weighted by Crippen LogP contribution is -2.54. The molecule has 0 spiro atoms. The predicted molar refractivity (Wildman–Crippen MR) is 52.5 cm³/mol. The van der Waals surface area contributed by atoms with Gasteiger partial charge in [-0.1, -0.05) is 11.6 Å². The molecule has 13 heavy (non-hydrogen) atoms. The van der Waals surface area contributed by atoms with Crippen LogP contribution in [0, 0.1) is 0 Å². The van der Waals surface area contributed by atoms with Crippen molar-refractivity contribution in [3.05, 3.63) is 29.0 Å². The zero-order chi connectivity index (χ0) is 9.26. The molecule has 0 aromatic carbocycles. The van der Waals surface area contributed by atoms with Gasteiger partial charge in [-0.25, -0.2) is 0 Å². The minimum Gasteiger partial charge on any atom is -0.325 e. The molecule has 2 rings (SSSR count). The SMILES string of the molecule is NC1CN(Cc2ccncc2Cl)C1. The largest absolute Gasteiger partial charge is 0.325 e. The number of likely N-dealkylation sites (tertiary alicyclic amines) is 1. The first-order chi connectivity index (χ1) is 6.25. The second-order valence-corrected chi connectivity index (χ2v) is 3.83. The molecular weight excluding hydrogens is 186 g/mol. The van der Waals surface area contributed by atoms with Crippen LogP contribution in [0.3, 0.4) is 0 Å². The lowest BCUT2D eigenvalue weighted by Gasteiger charge is -2.36. The van der Waals surface area contributed by atoms with Gasteiger partial charge in [0.1, 0.15) is 0 Å². The molecule has 0 amide bonds. The molecule has 1 aromatic rings. The Kier molecular flexibility index (Phi) is 2.49. The Bertz CT molecular complexity index is 297. The molecular formula is C9H12ClN3. The topological polar surface area (TPSA) is 42.1 Å². The van der Waals surface area contributed by atoms with Crippen LogP contribution in [0.5, 0.6) is 0 Å². The quantitative estimate of drug-likeness (QED) is 0.766. The Morgan fingerprint density at radius 1 is 1.62 bits per heavy atom. The van der Waals surface area contributed by atoms with E-state index >= 15 is 0 Å². The number of nitrogens with zero attached hydrogens (tertiary/aromatic N) is 2. The summed E-state index contributed by atoms with van der Waals surface area (Å²) in [6.07, 6.45) is 3.44. The van der Waals surface area contributed by atoms with Gasteiger partial charge in [0.2, 0.25) is 0 Å². The molecule has 3 nitrogen and oxygen atoms in total. The predicted octanol–water partition coefficient (Wildman–Crippen LogP) is 0.878. The summed E-state index contributed by atoms with van der Waals surface area (Å²) in [6, 6.07) is 2.30. The maximum absolute atomic E-state index is 5.97. The zero-order valence-electron chi connectivity index (χ0n) is 7.28. The Hall–Kier alpha value is -0.640. The van der Waals surface area contributed by atoms with Crippen molar-refractivity contribution in [2.75, 3.05) is 13.1 Å². The molecule has 70 valence electrons. The van der Waals surface area contributed by atoms with Crippen molar-refractivity contribution in [1.29, 1.82) is 0 Å². The Balaban J connectivity index is 1.98. The van der Waals surface area contributed by atoms with Gasteiger partial charge in [0.25, 0.3) is 0 Å². The van der Waals surface area contributed by atoms with E-state index in [-0.39, 0.29) is 0 Å². The molecule has 1 aliphatic rings. The fourth-order valence-electron chi connectivity index (χ4n) is 1.51. The van der Waals surface area contributed by atoms with Crippen molar-refractivity contribution in [1.82, 2.24) is 9.88 Å². The molecule has 0 bridgehead atoms. The lowest BCUT2D eigenvalue weighted by molar-refractivity contribution is 0.142. The van der Waals surface area contributed by atoms with Crippen LogP contribution < -0.4 is 5.73 Å². The molecule has 0 atom stereocenters. The summed E-state index contributed by atoms with van der Waals surface area (Å²) in [5.41, 5.74) is 6.80. The number of pyridine rings is 1. The summed E-state index contributed by atoms with van der Waals surface area (Å²) in [7, 11) is 0. The third-order valence-electron chi connectivity index (χ3n) is 2.24. The number of rotatable bonds is 2. The molecule has 1 aliphatic heterocycles. The monoisotopic (exact) mass is 197 g/mol. The van der Waals surface area contributed by atoms with Crippen LogP contribution in [0.25, 0.3) is 0 Å². The molecule has 1 fully saturated rings. The Labute approximate surface area is 82.5 Å². The molecule has 0 unspecified atom stereocenters. The number of hydrogen-bond acceptors (Lipinski definition) is 3. The van der Waals surface area contributed by atoms with Gasteiger partial charge in [0.05, 0.1) is 5.02 Å². The molecule has 1 aromatic heterocycles. The highest BCUT2D eigenvalue weighted by Gasteiger charge is 2.23. The Morgan fingerprint density at radius 2 is 2.38 bits per heavy atom. The first kappa shape index (κ1) is 8.94. The van der Waals surface area contributed by atoms with Crippen LogP contribution >= 0.6 is 11.6 Å². The van der Waals surface area contributed by atoms with Crippen LogP contribution in [0.2, 0.25) is 5.02 Å². The summed E-state index contributed by atoms with van der Waals surface area (Å²) in [5, 5.41) is 0.739. The van der Waals surface area contributed by atoms with Crippen molar-refractivity contribution < 1.29 is 0 Å². The van der Waals surface area contributed by atoms with E-state index in [0.29, 0.717) is 6.04 Å². The second kappa shape index (κ2) is 3.62. The average Bonchev–Trinajstić information content (AvgIpc) is 2.06. The van der Waals surface area contributed by atoms with Crippen molar-refractivity contribution in [2.45, 2.75) is 12.6 Å². The highest BCUT2D eigenvalue weighted by Crippen LogP contribution is 2.18. The minimum absolute atomic E-state index is 0.348. The van der Waals surface area contributed by atoms with Gasteiger partial charge in [-0.3, -0.25) is 9.88 Å². The number of hydrogen-bond donors (Lipinski definition) is 1. The van der Waals surface area contributed by atoms with Gasteiger partial charge in [-0.15, -0.1) is 0 Å². The van der Waals surface area contributed by atoms with E-state index in [1.54, 1.807) is 12.4 Å². The van der Waals surface area contributed by atoms with Gasteiger partial charge < -0.3 is 5.73 Å². The standard InChI is InChI=1S/C9H12ClN3/c10-9-3-12-2-1-7(9)4-13-5-8(11)6-13/h1-3,8H,4-6,11H2. The highest BCUT2D eigenvalue weighted by atomic mass is 35.5. The van der Waals surface area contributed by atoms with E-state index in [2.05, 4.69) is 9.88 Å². The molecule has 0 saturated carbocycles. The van der Waals surface area contributed by atoms with Crippen LogP contribution in [0.4, 0.5) is 0 Å². The minimum atomic E-state index is 0.348.